The summed E-state index contributed by atoms with van der Waals surface area (Å²) in [6.45, 7) is 4.09. The molecule has 0 saturated heterocycles. The van der Waals surface area contributed by atoms with Gasteiger partial charge in [0.2, 0.25) is 5.91 Å². The van der Waals surface area contributed by atoms with Crippen molar-refractivity contribution in [3.63, 3.8) is 0 Å². The van der Waals surface area contributed by atoms with Gasteiger partial charge in [0, 0.05) is 30.0 Å². The van der Waals surface area contributed by atoms with Gasteiger partial charge in [-0.05, 0) is 42.2 Å². The maximum atomic E-state index is 12.2. The molecule has 0 aliphatic heterocycles. The van der Waals surface area contributed by atoms with E-state index in [9.17, 15) is 4.79 Å². The summed E-state index contributed by atoms with van der Waals surface area (Å²) in [6, 6.07) is 5.69. The number of amides is 1. The summed E-state index contributed by atoms with van der Waals surface area (Å²) in [5.74, 6) is -0.173. The smallest absolute Gasteiger partial charge is 0.248 e. The summed E-state index contributed by atoms with van der Waals surface area (Å²) in [4.78, 5) is 12.2. The number of benzene rings is 1. The molecule has 0 atom stereocenters. The molecule has 0 fully saturated rings. The van der Waals surface area contributed by atoms with E-state index < -0.39 is 0 Å². The zero-order valence-electron chi connectivity index (χ0n) is 13.1. The molecule has 0 spiro atoms. The van der Waals surface area contributed by atoms with Gasteiger partial charge in [0.25, 0.3) is 0 Å². The van der Waals surface area contributed by atoms with E-state index in [2.05, 4.69) is 17.3 Å². The number of aromatic nitrogens is 2. The van der Waals surface area contributed by atoms with Crippen LogP contribution in [-0.4, -0.2) is 15.7 Å². The average molecular weight is 318 g/mol. The lowest BCUT2D eigenvalue weighted by molar-refractivity contribution is -0.111. The first-order valence-electron chi connectivity index (χ1n) is 7.34. The molecule has 0 aliphatic carbocycles. The minimum atomic E-state index is -0.173. The van der Waals surface area contributed by atoms with E-state index in [0.29, 0.717) is 5.02 Å². The highest BCUT2D eigenvalue weighted by molar-refractivity contribution is 6.32. The first kappa shape index (κ1) is 16.3. The molecule has 0 unspecified atom stereocenters. The number of nitrogens with zero attached hydrogens (tertiary/aromatic N) is 2. The van der Waals surface area contributed by atoms with Crippen LogP contribution in [0.4, 0.5) is 5.69 Å². The van der Waals surface area contributed by atoms with Crippen LogP contribution in [0.2, 0.25) is 5.02 Å². The molecule has 1 aromatic heterocycles. The van der Waals surface area contributed by atoms with Crippen molar-refractivity contribution in [2.24, 2.45) is 7.05 Å². The van der Waals surface area contributed by atoms with E-state index in [0.717, 1.165) is 35.3 Å². The van der Waals surface area contributed by atoms with Gasteiger partial charge in [-0.1, -0.05) is 31.5 Å². The number of carbonyl (C=O) groups is 1. The predicted octanol–water partition coefficient (Wildman–Crippen LogP) is 3.85. The van der Waals surface area contributed by atoms with Crippen LogP contribution in [0.5, 0.6) is 0 Å². The standard InChI is InChI=1S/C17H20ClN3O/c1-4-12-6-8-15(18)14(5-2)17(12)20-16(22)9-7-13-10-11-19-21(13)3/h6-11H,4-5H2,1-3H3,(H,20,22)/b9-7+. The molecule has 2 aromatic rings. The molecule has 116 valence electrons. The van der Waals surface area contributed by atoms with E-state index in [4.69, 9.17) is 11.6 Å². The van der Waals surface area contributed by atoms with E-state index in [-0.39, 0.29) is 5.91 Å². The SMILES string of the molecule is CCc1ccc(Cl)c(CC)c1NC(=O)/C=C/c1ccnn1C. The van der Waals surface area contributed by atoms with Gasteiger partial charge in [0.05, 0.1) is 5.69 Å². The first-order chi connectivity index (χ1) is 10.6. The Bertz CT molecular complexity index is 704. The molecule has 0 bridgehead atoms. The maximum absolute atomic E-state index is 12.2. The topological polar surface area (TPSA) is 46.9 Å². The molecule has 2 rings (SSSR count). The Morgan fingerprint density at radius 1 is 1.32 bits per heavy atom. The second kappa shape index (κ2) is 7.27. The Morgan fingerprint density at radius 3 is 2.68 bits per heavy atom. The van der Waals surface area contributed by atoms with Crippen molar-refractivity contribution in [3.05, 3.63) is 52.3 Å². The minimum Gasteiger partial charge on any atom is -0.322 e. The molecule has 1 amide bonds. The maximum Gasteiger partial charge on any atom is 0.248 e. The van der Waals surface area contributed by atoms with Crippen LogP contribution in [0.15, 0.2) is 30.5 Å². The fraction of sp³-hybridized carbons (Fsp3) is 0.294. The van der Waals surface area contributed by atoms with Gasteiger partial charge in [0.15, 0.2) is 0 Å². The Labute approximate surface area is 135 Å². The summed E-state index contributed by atoms with van der Waals surface area (Å²) in [7, 11) is 1.83. The van der Waals surface area contributed by atoms with Crippen molar-refractivity contribution in [1.29, 1.82) is 0 Å². The van der Waals surface area contributed by atoms with Gasteiger partial charge < -0.3 is 5.32 Å². The van der Waals surface area contributed by atoms with Crippen LogP contribution in [-0.2, 0) is 24.7 Å². The van der Waals surface area contributed by atoms with Crippen molar-refractivity contribution in [2.45, 2.75) is 26.7 Å². The van der Waals surface area contributed by atoms with E-state index in [1.54, 1.807) is 17.0 Å². The summed E-state index contributed by atoms with van der Waals surface area (Å²) in [6.07, 6.45) is 6.55. The molecule has 1 N–H and O–H groups in total. The highest BCUT2D eigenvalue weighted by atomic mass is 35.5. The van der Waals surface area contributed by atoms with Gasteiger partial charge in [-0.2, -0.15) is 5.10 Å². The number of nitrogens with one attached hydrogen (secondary N) is 1. The molecular weight excluding hydrogens is 298 g/mol. The van der Waals surface area contributed by atoms with Crippen molar-refractivity contribution in [3.8, 4) is 0 Å². The Hall–Kier alpha value is -2.07. The number of rotatable bonds is 5. The zero-order chi connectivity index (χ0) is 16.1. The van der Waals surface area contributed by atoms with Crippen LogP contribution in [0.25, 0.3) is 6.08 Å². The zero-order valence-corrected chi connectivity index (χ0v) is 13.8. The Kier molecular flexibility index (Phi) is 5.39. The predicted molar refractivity (Wildman–Crippen MR) is 91.1 cm³/mol. The lowest BCUT2D eigenvalue weighted by Crippen LogP contribution is -2.12. The molecule has 22 heavy (non-hydrogen) atoms. The molecule has 1 aromatic carbocycles. The fourth-order valence-electron chi connectivity index (χ4n) is 2.34. The molecule has 0 aliphatic rings. The number of hydrogen-bond donors (Lipinski definition) is 1. The largest absolute Gasteiger partial charge is 0.322 e. The van der Waals surface area contributed by atoms with Gasteiger partial charge in [0.1, 0.15) is 0 Å². The molecule has 0 radical (unpaired) electrons. The minimum absolute atomic E-state index is 0.173. The molecule has 0 saturated carbocycles. The van der Waals surface area contributed by atoms with Gasteiger partial charge in [-0.25, -0.2) is 0 Å². The molecular formula is C17H20ClN3O. The Morgan fingerprint density at radius 2 is 2.09 bits per heavy atom. The highest BCUT2D eigenvalue weighted by Gasteiger charge is 2.12. The monoisotopic (exact) mass is 317 g/mol. The lowest BCUT2D eigenvalue weighted by atomic mass is 10.0. The number of aryl methyl sites for hydroxylation is 2. The summed E-state index contributed by atoms with van der Waals surface area (Å²) in [5.41, 5.74) is 3.76. The number of carbonyl (C=O) groups excluding carboxylic acids is 1. The average Bonchev–Trinajstić information content (AvgIpc) is 2.91. The number of hydrogen-bond acceptors (Lipinski definition) is 2. The fourth-order valence-corrected chi connectivity index (χ4v) is 2.63. The lowest BCUT2D eigenvalue weighted by Gasteiger charge is -2.15. The second-order valence-corrected chi connectivity index (χ2v) is 5.38. The van der Waals surface area contributed by atoms with Crippen LogP contribution >= 0.6 is 11.6 Å². The van der Waals surface area contributed by atoms with E-state index in [1.807, 2.05) is 32.2 Å². The van der Waals surface area contributed by atoms with Gasteiger partial charge in [-0.3, -0.25) is 9.48 Å². The summed E-state index contributed by atoms with van der Waals surface area (Å²) >= 11 is 6.24. The van der Waals surface area contributed by atoms with Crippen LogP contribution in [0, 0.1) is 0 Å². The molecule has 4 nitrogen and oxygen atoms in total. The number of anilines is 1. The summed E-state index contributed by atoms with van der Waals surface area (Å²) < 4.78 is 1.71. The van der Waals surface area contributed by atoms with E-state index in [1.165, 1.54) is 6.08 Å². The van der Waals surface area contributed by atoms with Crippen molar-refractivity contribution in [2.75, 3.05) is 5.32 Å². The summed E-state index contributed by atoms with van der Waals surface area (Å²) in [5, 5.41) is 7.71. The van der Waals surface area contributed by atoms with Crippen molar-refractivity contribution >= 4 is 29.3 Å². The van der Waals surface area contributed by atoms with E-state index >= 15 is 0 Å². The second-order valence-electron chi connectivity index (χ2n) is 4.97. The molecule has 5 heteroatoms. The van der Waals surface area contributed by atoms with Crippen molar-refractivity contribution in [1.82, 2.24) is 9.78 Å². The van der Waals surface area contributed by atoms with Gasteiger partial charge >= 0.3 is 0 Å². The van der Waals surface area contributed by atoms with Gasteiger partial charge in [-0.15, -0.1) is 0 Å². The molecule has 1 heterocycles. The first-order valence-corrected chi connectivity index (χ1v) is 7.71. The third-order valence-electron chi connectivity index (χ3n) is 3.59. The quantitative estimate of drug-likeness (QED) is 0.851. The van der Waals surface area contributed by atoms with Crippen LogP contribution in [0.1, 0.15) is 30.7 Å². The van der Waals surface area contributed by atoms with Crippen LogP contribution < -0.4 is 5.32 Å². The third kappa shape index (κ3) is 3.57. The Balaban J connectivity index is 2.23. The number of halogens is 1. The van der Waals surface area contributed by atoms with Crippen LogP contribution in [0.3, 0.4) is 0 Å². The highest BCUT2D eigenvalue weighted by Crippen LogP contribution is 2.29. The van der Waals surface area contributed by atoms with Crippen molar-refractivity contribution < 1.29 is 4.79 Å². The normalized spacial score (nSPS) is 11.1. The third-order valence-corrected chi connectivity index (χ3v) is 3.94.